The minimum Gasteiger partial charge on any atom is -0.398 e. The van der Waals surface area contributed by atoms with Crippen molar-refractivity contribution >= 4 is 22.1 Å². The molecule has 0 saturated heterocycles. The van der Waals surface area contributed by atoms with Crippen molar-refractivity contribution < 1.29 is 0 Å². The minimum atomic E-state index is 0.527. The van der Waals surface area contributed by atoms with Gasteiger partial charge < -0.3 is 11.1 Å². The number of nitrogen functional groups attached to an aromatic ring is 1. The summed E-state index contributed by atoms with van der Waals surface area (Å²) in [5.41, 5.74) is 7.94. The zero-order valence-electron chi connectivity index (χ0n) is 10.7. The monoisotopic (exact) mass is 241 g/mol. The molecule has 0 radical (unpaired) electrons. The molecule has 1 atom stereocenters. The summed E-state index contributed by atoms with van der Waals surface area (Å²) < 4.78 is 0. The van der Waals surface area contributed by atoms with Crippen molar-refractivity contribution in [2.75, 3.05) is 11.1 Å². The van der Waals surface area contributed by atoms with Crippen LogP contribution in [-0.2, 0) is 0 Å². The number of nitrogens with two attached hydrogens (primary N) is 1. The summed E-state index contributed by atoms with van der Waals surface area (Å²) in [6, 6.07) is 6.59. The number of aromatic nitrogens is 1. The first-order chi connectivity index (χ1) is 8.75. The number of nitrogens with zero attached hydrogens (tertiary/aromatic N) is 1. The van der Waals surface area contributed by atoms with Crippen LogP contribution in [-0.4, -0.2) is 11.0 Å². The number of hydrogen-bond donors (Lipinski definition) is 2. The molecule has 1 aromatic heterocycles. The fourth-order valence-corrected chi connectivity index (χ4v) is 2.64. The molecule has 0 spiro atoms. The van der Waals surface area contributed by atoms with Gasteiger partial charge in [0.05, 0.1) is 0 Å². The third kappa shape index (κ3) is 1.90. The summed E-state index contributed by atoms with van der Waals surface area (Å²) in [6.07, 6.45) is 7.74. The van der Waals surface area contributed by atoms with Crippen LogP contribution in [0.15, 0.2) is 30.6 Å². The first-order valence-electron chi connectivity index (χ1n) is 6.64. The third-order valence-electron chi connectivity index (χ3n) is 4.09. The Bertz CT molecular complexity index is 561. The van der Waals surface area contributed by atoms with E-state index in [4.69, 9.17) is 5.73 Å². The Morgan fingerprint density at radius 3 is 2.83 bits per heavy atom. The number of anilines is 2. The largest absolute Gasteiger partial charge is 0.398 e. The van der Waals surface area contributed by atoms with Crippen molar-refractivity contribution in [2.24, 2.45) is 5.92 Å². The van der Waals surface area contributed by atoms with E-state index in [1.54, 1.807) is 0 Å². The van der Waals surface area contributed by atoms with Crippen molar-refractivity contribution in [2.45, 2.75) is 32.2 Å². The molecule has 0 aliphatic heterocycles. The lowest BCUT2D eigenvalue weighted by molar-refractivity contribution is 0.285. The molecule has 1 aromatic carbocycles. The first kappa shape index (κ1) is 11.3. The lowest BCUT2D eigenvalue weighted by Crippen LogP contribution is -2.30. The highest BCUT2D eigenvalue weighted by Gasteiger charge is 2.24. The maximum absolute atomic E-state index is 5.99. The zero-order valence-corrected chi connectivity index (χ0v) is 10.7. The second-order valence-electron chi connectivity index (χ2n) is 5.25. The Balaban J connectivity index is 1.94. The fourth-order valence-electron chi connectivity index (χ4n) is 2.64. The van der Waals surface area contributed by atoms with E-state index in [1.165, 1.54) is 24.9 Å². The number of hydrogen-bond acceptors (Lipinski definition) is 3. The molecular weight excluding hydrogens is 222 g/mol. The highest BCUT2D eigenvalue weighted by molar-refractivity contribution is 6.00. The molecule has 3 heteroatoms. The molecule has 1 aliphatic carbocycles. The topological polar surface area (TPSA) is 50.9 Å². The molecule has 1 fully saturated rings. The van der Waals surface area contributed by atoms with Crippen molar-refractivity contribution in [1.82, 2.24) is 4.98 Å². The van der Waals surface area contributed by atoms with Crippen LogP contribution in [0.4, 0.5) is 11.4 Å². The van der Waals surface area contributed by atoms with Gasteiger partial charge >= 0.3 is 0 Å². The van der Waals surface area contributed by atoms with Crippen molar-refractivity contribution in [1.29, 1.82) is 0 Å². The Kier molecular flexibility index (Phi) is 2.82. The second-order valence-corrected chi connectivity index (χ2v) is 5.25. The summed E-state index contributed by atoms with van der Waals surface area (Å²) in [4.78, 5) is 4.15. The van der Waals surface area contributed by atoms with Gasteiger partial charge in [-0.1, -0.05) is 6.42 Å². The van der Waals surface area contributed by atoms with E-state index in [0.717, 1.165) is 22.4 Å². The molecule has 18 heavy (non-hydrogen) atoms. The molecule has 1 unspecified atom stereocenters. The van der Waals surface area contributed by atoms with E-state index in [2.05, 4.69) is 23.3 Å². The highest BCUT2D eigenvalue weighted by Crippen LogP contribution is 2.33. The Morgan fingerprint density at radius 1 is 1.28 bits per heavy atom. The molecule has 1 aliphatic rings. The van der Waals surface area contributed by atoms with E-state index in [9.17, 15) is 0 Å². The van der Waals surface area contributed by atoms with Crippen LogP contribution in [0.2, 0.25) is 0 Å². The number of rotatable bonds is 3. The number of benzene rings is 1. The maximum atomic E-state index is 5.99. The molecule has 94 valence electrons. The van der Waals surface area contributed by atoms with Crippen LogP contribution in [0, 0.1) is 5.92 Å². The average Bonchev–Trinajstić information content (AvgIpc) is 2.31. The minimum absolute atomic E-state index is 0.527. The predicted octanol–water partition coefficient (Wildman–Crippen LogP) is 3.42. The SMILES string of the molecule is CC(Nc1ccc(N)c2cnccc12)C1CCC1. The van der Waals surface area contributed by atoms with E-state index in [0.29, 0.717) is 6.04 Å². The number of nitrogens with one attached hydrogen (secondary N) is 1. The van der Waals surface area contributed by atoms with Crippen LogP contribution in [0.1, 0.15) is 26.2 Å². The van der Waals surface area contributed by atoms with E-state index in [1.807, 2.05) is 24.5 Å². The molecule has 2 aromatic rings. The van der Waals surface area contributed by atoms with Gasteiger partial charge in [0.1, 0.15) is 0 Å². The van der Waals surface area contributed by atoms with Gasteiger partial charge in [0, 0.05) is 40.6 Å². The van der Waals surface area contributed by atoms with Crippen molar-refractivity contribution in [3.05, 3.63) is 30.6 Å². The molecule has 3 N–H and O–H groups in total. The lowest BCUT2D eigenvalue weighted by Gasteiger charge is -2.32. The van der Waals surface area contributed by atoms with Crippen LogP contribution < -0.4 is 11.1 Å². The summed E-state index contributed by atoms with van der Waals surface area (Å²) in [5, 5.41) is 5.82. The van der Waals surface area contributed by atoms with Crippen LogP contribution >= 0.6 is 0 Å². The summed E-state index contributed by atoms with van der Waals surface area (Å²) in [5.74, 6) is 0.819. The van der Waals surface area contributed by atoms with Crippen LogP contribution in [0.5, 0.6) is 0 Å². The normalized spacial score (nSPS) is 17.4. The van der Waals surface area contributed by atoms with Crippen LogP contribution in [0.25, 0.3) is 10.8 Å². The zero-order chi connectivity index (χ0) is 12.5. The average molecular weight is 241 g/mol. The first-order valence-corrected chi connectivity index (χ1v) is 6.64. The number of fused-ring (bicyclic) bond motifs is 1. The van der Waals surface area contributed by atoms with Gasteiger partial charge in [-0.25, -0.2) is 0 Å². The molecule has 0 amide bonds. The Morgan fingerprint density at radius 2 is 2.11 bits per heavy atom. The standard InChI is InChI=1S/C15H19N3/c1-10(11-3-2-4-11)18-15-6-5-14(16)13-9-17-8-7-12(13)15/h5-11,18H,2-4,16H2,1H3. The Hall–Kier alpha value is -1.77. The second kappa shape index (κ2) is 4.48. The fraction of sp³-hybridized carbons (Fsp3) is 0.400. The molecule has 0 bridgehead atoms. The third-order valence-corrected chi connectivity index (χ3v) is 4.09. The van der Waals surface area contributed by atoms with Crippen molar-refractivity contribution in [3.63, 3.8) is 0 Å². The van der Waals surface area contributed by atoms with Gasteiger partial charge in [0.25, 0.3) is 0 Å². The van der Waals surface area contributed by atoms with Gasteiger partial charge in [-0.05, 0) is 43.9 Å². The van der Waals surface area contributed by atoms with Crippen LogP contribution in [0.3, 0.4) is 0 Å². The molecular formula is C15H19N3. The van der Waals surface area contributed by atoms with Gasteiger partial charge in [0.15, 0.2) is 0 Å². The molecule has 1 saturated carbocycles. The van der Waals surface area contributed by atoms with Crippen molar-refractivity contribution in [3.8, 4) is 0 Å². The Labute approximate surface area is 107 Å². The highest BCUT2D eigenvalue weighted by atomic mass is 14.9. The van der Waals surface area contributed by atoms with Gasteiger partial charge in [-0.3, -0.25) is 4.98 Å². The van der Waals surface area contributed by atoms with E-state index in [-0.39, 0.29) is 0 Å². The van der Waals surface area contributed by atoms with Gasteiger partial charge in [-0.15, -0.1) is 0 Å². The summed E-state index contributed by atoms with van der Waals surface area (Å²) in [6.45, 7) is 2.27. The van der Waals surface area contributed by atoms with Gasteiger partial charge in [-0.2, -0.15) is 0 Å². The predicted molar refractivity (Wildman–Crippen MR) is 76.6 cm³/mol. The maximum Gasteiger partial charge on any atom is 0.0424 e. The van der Waals surface area contributed by atoms with E-state index < -0.39 is 0 Å². The summed E-state index contributed by atoms with van der Waals surface area (Å²) in [7, 11) is 0. The van der Waals surface area contributed by atoms with E-state index >= 15 is 0 Å². The smallest absolute Gasteiger partial charge is 0.0424 e. The molecule has 3 nitrogen and oxygen atoms in total. The van der Waals surface area contributed by atoms with Gasteiger partial charge in [0.2, 0.25) is 0 Å². The molecule has 3 rings (SSSR count). The number of pyridine rings is 1. The molecule has 1 heterocycles. The summed E-state index contributed by atoms with van der Waals surface area (Å²) >= 11 is 0. The quantitative estimate of drug-likeness (QED) is 0.809. The lowest BCUT2D eigenvalue weighted by atomic mass is 9.80.